The topological polar surface area (TPSA) is 66.4 Å². The smallest absolute Gasteiger partial charge is 0.243 e. The minimum absolute atomic E-state index is 0.122. The van der Waals surface area contributed by atoms with E-state index in [2.05, 4.69) is 14.9 Å². The van der Waals surface area contributed by atoms with E-state index in [1.54, 1.807) is 0 Å². The lowest BCUT2D eigenvalue weighted by Crippen LogP contribution is -2.35. The molecule has 0 aliphatic carbocycles. The van der Waals surface area contributed by atoms with Gasteiger partial charge in [0.15, 0.2) is 0 Å². The lowest BCUT2D eigenvalue weighted by molar-refractivity contribution is 0.433. The molecule has 0 amide bonds. The van der Waals surface area contributed by atoms with Crippen molar-refractivity contribution in [2.45, 2.75) is 32.1 Å². The van der Waals surface area contributed by atoms with Crippen molar-refractivity contribution in [2.24, 2.45) is 0 Å². The quantitative estimate of drug-likeness (QED) is 0.821. The van der Waals surface area contributed by atoms with E-state index in [4.69, 9.17) is 0 Å². The Balaban J connectivity index is 1.81. The first-order chi connectivity index (χ1) is 12.3. The summed E-state index contributed by atoms with van der Waals surface area (Å²) in [6, 6.07) is 4.98. The Morgan fingerprint density at radius 1 is 0.962 bits per heavy atom. The summed E-state index contributed by atoms with van der Waals surface area (Å²) in [6.45, 7) is 7.88. The summed E-state index contributed by atoms with van der Waals surface area (Å²) < 4.78 is 40.2. The normalized spacial score (nSPS) is 16.5. The second kappa shape index (κ2) is 7.28. The van der Waals surface area contributed by atoms with E-state index in [0.717, 1.165) is 23.6 Å². The molecule has 1 aromatic heterocycles. The summed E-state index contributed by atoms with van der Waals surface area (Å²) in [7, 11) is -3.63. The Kier molecular flexibility index (Phi) is 5.24. The Morgan fingerprint density at radius 3 is 2.35 bits per heavy atom. The van der Waals surface area contributed by atoms with Gasteiger partial charge >= 0.3 is 0 Å². The predicted octanol–water partition coefficient (Wildman–Crippen LogP) is 2.44. The zero-order chi connectivity index (χ0) is 18.9. The number of benzene rings is 1. The number of sulfonamides is 1. The molecule has 0 atom stereocenters. The lowest BCUT2D eigenvalue weighted by Gasteiger charge is -2.24. The monoisotopic (exact) mass is 378 g/mol. The van der Waals surface area contributed by atoms with Crippen molar-refractivity contribution < 1.29 is 12.8 Å². The summed E-state index contributed by atoms with van der Waals surface area (Å²) in [5.41, 5.74) is 1.96. The van der Waals surface area contributed by atoms with Gasteiger partial charge in [-0.25, -0.2) is 22.8 Å². The molecule has 1 fully saturated rings. The third-order valence-electron chi connectivity index (χ3n) is 4.68. The molecular formula is C18H23FN4O2S. The highest BCUT2D eigenvalue weighted by Gasteiger charge is 2.28. The molecule has 26 heavy (non-hydrogen) atoms. The van der Waals surface area contributed by atoms with E-state index in [0.29, 0.717) is 31.9 Å². The molecule has 1 saturated heterocycles. The van der Waals surface area contributed by atoms with Crippen LogP contribution in [0, 0.1) is 26.6 Å². The molecule has 8 heteroatoms. The number of halogens is 1. The van der Waals surface area contributed by atoms with E-state index in [1.165, 1.54) is 28.6 Å². The maximum Gasteiger partial charge on any atom is 0.243 e. The van der Waals surface area contributed by atoms with Gasteiger partial charge in [-0.05, 0) is 51.5 Å². The SMILES string of the molecule is Cc1nc(C)c(C)c(N2CCCN(S(=O)(=O)c3ccc(F)cc3)CC2)n1. The molecule has 1 aliphatic heterocycles. The van der Waals surface area contributed by atoms with Crippen molar-refractivity contribution in [1.82, 2.24) is 14.3 Å². The molecule has 6 nitrogen and oxygen atoms in total. The van der Waals surface area contributed by atoms with Gasteiger partial charge in [0.2, 0.25) is 10.0 Å². The maximum absolute atomic E-state index is 13.1. The van der Waals surface area contributed by atoms with E-state index >= 15 is 0 Å². The van der Waals surface area contributed by atoms with Crippen LogP contribution in [0.15, 0.2) is 29.2 Å². The predicted molar refractivity (Wildman–Crippen MR) is 98.2 cm³/mol. The number of aromatic nitrogens is 2. The van der Waals surface area contributed by atoms with Crippen LogP contribution in [0.2, 0.25) is 0 Å². The summed E-state index contributed by atoms with van der Waals surface area (Å²) in [5, 5.41) is 0. The van der Waals surface area contributed by atoms with Crippen molar-refractivity contribution in [2.75, 3.05) is 31.1 Å². The van der Waals surface area contributed by atoms with Crippen LogP contribution in [-0.2, 0) is 10.0 Å². The van der Waals surface area contributed by atoms with Gasteiger partial charge in [0.1, 0.15) is 17.5 Å². The number of rotatable bonds is 3. The maximum atomic E-state index is 13.1. The fourth-order valence-electron chi connectivity index (χ4n) is 3.16. The van der Waals surface area contributed by atoms with Crippen LogP contribution in [0.1, 0.15) is 23.5 Å². The lowest BCUT2D eigenvalue weighted by atomic mass is 10.2. The highest BCUT2D eigenvalue weighted by Crippen LogP contribution is 2.23. The molecule has 2 heterocycles. The molecule has 140 valence electrons. The van der Waals surface area contributed by atoms with E-state index in [9.17, 15) is 12.8 Å². The van der Waals surface area contributed by atoms with Crippen LogP contribution in [0.25, 0.3) is 0 Å². The third kappa shape index (κ3) is 3.71. The van der Waals surface area contributed by atoms with Gasteiger partial charge in [-0.1, -0.05) is 0 Å². The molecule has 1 aliphatic rings. The van der Waals surface area contributed by atoms with Crippen LogP contribution in [-0.4, -0.2) is 48.9 Å². The van der Waals surface area contributed by atoms with Gasteiger partial charge in [-0.15, -0.1) is 0 Å². The second-order valence-corrected chi connectivity index (χ2v) is 8.44. The van der Waals surface area contributed by atoms with E-state index in [-0.39, 0.29) is 4.90 Å². The standard InChI is InChI=1S/C18H23FN4O2S/c1-13-14(2)20-15(3)21-18(13)22-9-4-10-23(12-11-22)26(24,25)17-7-5-16(19)6-8-17/h5-8H,4,9-12H2,1-3H3. The van der Waals surface area contributed by atoms with Gasteiger partial charge in [-0.2, -0.15) is 4.31 Å². The van der Waals surface area contributed by atoms with Crippen LogP contribution in [0.4, 0.5) is 10.2 Å². The first-order valence-corrected chi connectivity index (χ1v) is 10.1. The fraction of sp³-hybridized carbons (Fsp3) is 0.444. The van der Waals surface area contributed by atoms with Crippen molar-refractivity contribution in [3.8, 4) is 0 Å². The van der Waals surface area contributed by atoms with E-state index in [1.807, 2.05) is 20.8 Å². The highest BCUT2D eigenvalue weighted by atomic mass is 32.2. The van der Waals surface area contributed by atoms with Gasteiger partial charge in [-0.3, -0.25) is 0 Å². The van der Waals surface area contributed by atoms with Crippen molar-refractivity contribution in [3.63, 3.8) is 0 Å². The Morgan fingerprint density at radius 2 is 1.65 bits per heavy atom. The third-order valence-corrected chi connectivity index (χ3v) is 6.59. The van der Waals surface area contributed by atoms with Gasteiger partial charge in [0.25, 0.3) is 0 Å². The van der Waals surface area contributed by atoms with Gasteiger partial charge in [0.05, 0.1) is 4.90 Å². The first kappa shape index (κ1) is 18.7. The summed E-state index contributed by atoms with van der Waals surface area (Å²) >= 11 is 0. The Labute approximate surface area is 153 Å². The van der Waals surface area contributed by atoms with Crippen LogP contribution < -0.4 is 4.90 Å². The molecule has 0 radical (unpaired) electrons. The van der Waals surface area contributed by atoms with Gasteiger partial charge in [0, 0.05) is 37.4 Å². The average Bonchev–Trinajstić information content (AvgIpc) is 2.85. The highest BCUT2D eigenvalue weighted by molar-refractivity contribution is 7.89. The largest absolute Gasteiger partial charge is 0.355 e. The summed E-state index contributed by atoms with van der Waals surface area (Å²) in [5.74, 6) is 1.13. The summed E-state index contributed by atoms with van der Waals surface area (Å²) in [6.07, 6.45) is 0.696. The molecule has 0 N–H and O–H groups in total. The van der Waals surface area contributed by atoms with Crippen molar-refractivity contribution in [3.05, 3.63) is 47.2 Å². The Bertz CT molecular complexity index is 900. The van der Waals surface area contributed by atoms with Crippen molar-refractivity contribution >= 4 is 15.8 Å². The zero-order valence-corrected chi connectivity index (χ0v) is 16.1. The van der Waals surface area contributed by atoms with Crippen LogP contribution >= 0.6 is 0 Å². The van der Waals surface area contributed by atoms with Crippen LogP contribution in [0.3, 0.4) is 0 Å². The minimum Gasteiger partial charge on any atom is -0.355 e. The van der Waals surface area contributed by atoms with Crippen LogP contribution in [0.5, 0.6) is 0 Å². The molecular weight excluding hydrogens is 355 g/mol. The zero-order valence-electron chi connectivity index (χ0n) is 15.2. The molecule has 0 unspecified atom stereocenters. The van der Waals surface area contributed by atoms with E-state index < -0.39 is 15.8 Å². The molecule has 3 rings (SSSR count). The average molecular weight is 378 g/mol. The molecule has 0 saturated carbocycles. The first-order valence-electron chi connectivity index (χ1n) is 8.61. The molecule has 0 spiro atoms. The minimum atomic E-state index is -3.63. The number of nitrogens with zero attached hydrogens (tertiary/aromatic N) is 4. The summed E-state index contributed by atoms with van der Waals surface area (Å²) in [4.78, 5) is 11.2. The second-order valence-electron chi connectivity index (χ2n) is 6.50. The number of hydrogen-bond donors (Lipinski definition) is 0. The molecule has 2 aromatic rings. The molecule has 1 aromatic carbocycles. The fourth-order valence-corrected chi connectivity index (χ4v) is 4.63. The number of aryl methyl sites for hydroxylation is 2. The number of hydrogen-bond acceptors (Lipinski definition) is 5. The molecule has 0 bridgehead atoms. The Hall–Kier alpha value is -2.06. The van der Waals surface area contributed by atoms with Crippen molar-refractivity contribution in [1.29, 1.82) is 0 Å². The van der Waals surface area contributed by atoms with Gasteiger partial charge < -0.3 is 4.90 Å². The number of anilines is 1.